The van der Waals surface area contributed by atoms with E-state index in [0.29, 0.717) is 18.1 Å². The van der Waals surface area contributed by atoms with Crippen molar-refractivity contribution in [2.75, 3.05) is 38.0 Å². The quantitative estimate of drug-likeness (QED) is 0.726. The fourth-order valence-electron chi connectivity index (χ4n) is 1.42. The number of rotatable bonds is 6. The zero-order valence-electron chi connectivity index (χ0n) is 10.5. The van der Waals surface area contributed by atoms with Gasteiger partial charge in [-0.15, -0.1) is 0 Å². The molecule has 1 aromatic rings. The zero-order chi connectivity index (χ0) is 12.9. The fraction of sp³-hybridized carbons (Fsp3) is 0.500. The van der Waals surface area contributed by atoms with Crippen LogP contribution >= 0.6 is 0 Å². The number of sulfone groups is 1. The molecular weight excluding hydrogens is 238 g/mol. The van der Waals surface area contributed by atoms with Gasteiger partial charge in [-0.3, -0.25) is 0 Å². The Morgan fingerprint density at radius 2 is 1.82 bits per heavy atom. The van der Waals surface area contributed by atoms with E-state index < -0.39 is 9.84 Å². The molecule has 96 valence electrons. The smallest absolute Gasteiger partial charge is 0.175 e. The maximum absolute atomic E-state index is 11.3. The van der Waals surface area contributed by atoms with Crippen molar-refractivity contribution in [2.24, 2.45) is 0 Å². The second-order valence-corrected chi connectivity index (χ2v) is 5.90. The van der Waals surface area contributed by atoms with E-state index in [4.69, 9.17) is 4.74 Å². The van der Waals surface area contributed by atoms with Crippen LogP contribution in [0.15, 0.2) is 29.2 Å². The number of benzene rings is 1. The van der Waals surface area contributed by atoms with Crippen LogP contribution in [0.4, 0.5) is 5.69 Å². The van der Waals surface area contributed by atoms with Crippen molar-refractivity contribution in [3.8, 4) is 0 Å². The highest BCUT2D eigenvalue weighted by molar-refractivity contribution is 7.90. The van der Waals surface area contributed by atoms with Crippen molar-refractivity contribution < 1.29 is 13.2 Å². The molecule has 5 heteroatoms. The highest BCUT2D eigenvalue weighted by atomic mass is 32.2. The predicted molar refractivity (Wildman–Crippen MR) is 69.3 cm³/mol. The van der Waals surface area contributed by atoms with E-state index in [2.05, 4.69) is 0 Å². The van der Waals surface area contributed by atoms with Gasteiger partial charge in [-0.2, -0.15) is 0 Å². The molecule has 0 saturated carbocycles. The summed E-state index contributed by atoms with van der Waals surface area (Å²) in [5.74, 6) is 0. The van der Waals surface area contributed by atoms with Crippen LogP contribution < -0.4 is 4.90 Å². The molecule has 4 nitrogen and oxygen atoms in total. The lowest BCUT2D eigenvalue weighted by atomic mass is 10.3. The minimum atomic E-state index is -3.11. The van der Waals surface area contributed by atoms with Crippen molar-refractivity contribution in [1.82, 2.24) is 0 Å². The molecule has 0 saturated heterocycles. The van der Waals surface area contributed by atoms with Gasteiger partial charge < -0.3 is 9.64 Å². The summed E-state index contributed by atoms with van der Waals surface area (Å²) in [6.45, 7) is 4.12. The maximum atomic E-state index is 11.3. The van der Waals surface area contributed by atoms with E-state index in [0.717, 1.165) is 12.2 Å². The van der Waals surface area contributed by atoms with Gasteiger partial charge in [0.15, 0.2) is 9.84 Å². The Morgan fingerprint density at radius 1 is 1.24 bits per heavy atom. The standard InChI is InChI=1S/C12H19NO3S/c1-4-16-10-9-13(2)11-5-7-12(8-6-11)17(3,14)15/h5-8H,4,9-10H2,1-3H3. The first-order valence-corrected chi connectivity index (χ1v) is 7.43. The summed E-state index contributed by atoms with van der Waals surface area (Å²) in [5, 5.41) is 0. The molecule has 0 aliphatic rings. The third-order valence-corrected chi connectivity index (χ3v) is 3.61. The summed E-state index contributed by atoms with van der Waals surface area (Å²) in [7, 11) is -1.16. The zero-order valence-corrected chi connectivity index (χ0v) is 11.3. The average Bonchev–Trinajstić information content (AvgIpc) is 2.28. The number of anilines is 1. The molecule has 1 rings (SSSR count). The van der Waals surface area contributed by atoms with Gasteiger partial charge in [0.2, 0.25) is 0 Å². The number of ether oxygens (including phenoxy) is 1. The van der Waals surface area contributed by atoms with Gasteiger partial charge in [0.05, 0.1) is 11.5 Å². The van der Waals surface area contributed by atoms with Crippen LogP contribution in [0.3, 0.4) is 0 Å². The fourth-order valence-corrected chi connectivity index (χ4v) is 2.05. The van der Waals surface area contributed by atoms with Gasteiger partial charge in [-0.05, 0) is 31.2 Å². The second-order valence-electron chi connectivity index (χ2n) is 3.88. The lowest BCUT2D eigenvalue weighted by Gasteiger charge is -2.19. The van der Waals surface area contributed by atoms with Crippen molar-refractivity contribution >= 4 is 15.5 Å². The first-order valence-electron chi connectivity index (χ1n) is 5.54. The van der Waals surface area contributed by atoms with Crippen LogP contribution in [0.1, 0.15) is 6.92 Å². The first-order chi connectivity index (χ1) is 7.95. The molecule has 0 unspecified atom stereocenters. The largest absolute Gasteiger partial charge is 0.380 e. The Kier molecular flexibility index (Phi) is 4.96. The van der Waals surface area contributed by atoms with Gasteiger partial charge in [0.25, 0.3) is 0 Å². The molecule has 0 N–H and O–H groups in total. The predicted octanol–water partition coefficient (Wildman–Crippen LogP) is 1.56. The van der Waals surface area contributed by atoms with Gasteiger partial charge in [-0.25, -0.2) is 8.42 Å². The molecule has 0 amide bonds. The Hall–Kier alpha value is -1.07. The van der Waals surface area contributed by atoms with E-state index in [9.17, 15) is 8.42 Å². The van der Waals surface area contributed by atoms with Crippen LogP contribution in [0.5, 0.6) is 0 Å². The van der Waals surface area contributed by atoms with Crippen molar-refractivity contribution in [3.05, 3.63) is 24.3 Å². The Balaban J connectivity index is 2.67. The summed E-state index contributed by atoms with van der Waals surface area (Å²) in [6.07, 6.45) is 1.21. The summed E-state index contributed by atoms with van der Waals surface area (Å²) in [6, 6.07) is 6.87. The van der Waals surface area contributed by atoms with Crippen LogP contribution in [0, 0.1) is 0 Å². The number of likely N-dealkylation sites (N-methyl/N-ethyl adjacent to an activating group) is 1. The molecule has 0 radical (unpaired) electrons. The van der Waals surface area contributed by atoms with E-state index in [1.165, 1.54) is 6.26 Å². The van der Waals surface area contributed by atoms with Gasteiger partial charge in [-0.1, -0.05) is 0 Å². The van der Waals surface area contributed by atoms with E-state index >= 15 is 0 Å². The van der Waals surface area contributed by atoms with Crippen molar-refractivity contribution in [1.29, 1.82) is 0 Å². The number of hydrogen-bond acceptors (Lipinski definition) is 4. The molecule has 17 heavy (non-hydrogen) atoms. The SMILES string of the molecule is CCOCCN(C)c1ccc(S(C)(=O)=O)cc1. The summed E-state index contributed by atoms with van der Waals surface area (Å²) in [5.41, 5.74) is 0.983. The molecule has 0 aliphatic carbocycles. The summed E-state index contributed by atoms with van der Waals surface area (Å²) >= 11 is 0. The Labute approximate surface area is 103 Å². The minimum Gasteiger partial charge on any atom is -0.380 e. The molecule has 0 bridgehead atoms. The first kappa shape index (κ1) is 14.0. The molecule has 0 spiro atoms. The maximum Gasteiger partial charge on any atom is 0.175 e. The van der Waals surface area contributed by atoms with E-state index in [-0.39, 0.29) is 0 Å². The topological polar surface area (TPSA) is 46.6 Å². The number of hydrogen-bond donors (Lipinski definition) is 0. The molecular formula is C12H19NO3S. The monoisotopic (exact) mass is 257 g/mol. The van der Waals surface area contributed by atoms with Crippen LogP contribution in [0.25, 0.3) is 0 Å². The van der Waals surface area contributed by atoms with Crippen LogP contribution in [-0.2, 0) is 14.6 Å². The average molecular weight is 257 g/mol. The second kappa shape index (κ2) is 6.02. The van der Waals surface area contributed by atoms with E-state index in [1.807, 2.05) is 31.0 Å². The number of nitrogens with zero attached hydrogens (tertiary/aromatic N) is 1. The highest BCUT2D eigenvalue weighted by Crippen LogP contribution is 2.16. The Bertz CT molecular complexity index is 439. The third-order valence-electron chi connectivity index (χ3n) is 2.48. The molecule has 1 aromatic carbocycles. The van der Waals surface area contributed by atoms with E-state index in [1.54, 1.807) is 12.1 Å². The van der Waals surface area contributed by atoms with Crippen LogP contribution in [0.2, 0.25) is 0 Å². The Morgan fingerprint density at radius 3 is 2.29 bits per heavy atom. The minimum absolute atomic E-state index is 0.347. The van der Waals surface area contributed by atoms with Crippen molar-refractivity contribution in [3.63, 3.8) is 0 Å². The molecule has 0 heterocycles. The third kappa shape index (κ3) is 4.36. The van der Waals surface area contributed by atoms with Crippen LogP contribution in [-0.4, -0.2) is 41.5 Å². The summed E-state index contributed by atoms with van der Waals surface area (Å²) in [4.78, 5) is 2.38. The van der Waals surface area contributed by atoms with Gasteiger partial charge in [0, 0.05) is 32.1 Å². The molecule has 0 aromatic heterocycles. The molecule has 0 fully saturated rings. The summed E-state index contributed by atoms with van der Waals surface area (Å²) < 4.78 is 27.8. The lowest BCUT2D eigenvalue weighted by Crippen LogP contribution is -2.22. The van der Waals surface area contributed by atoms with Gasteiger partial charge in [0.1, 0.15) is 0 Å². The normalized spacial score (nSPS) is 11.5. The highest BCUT2D eigenvalue weighted by Gasteiger charge is 2.07. The molecule has 0 aliphatic heterocycles. The van der Waals surface area contributed by atoms with Crippen molar-refractivity contribution in [2.45, 2.75) is 11.8 Å². The lowest BCUT2D eigenvalue weighted by molar-refractivity contribution is 0.154. The molecule has 0 atom stereocenters. The van der Waals surface area contributed by atoms with Gasteiger partial charge >= 0.3 is 0 Å².